The van der Waals surface area contributed by atoms with Crippen LogP contribution >= 0.6 is 0 Å². The molecule has 0 aromatic carbocycles. The number of hydrogen-bond donors (Lipinski definition) is 2. The highest BCUT2D eigenvalue weighted by molar-refractivity contribution is 5.94. The normalized spacial score (nSPS) is 10.7. The first-order valence-corrected chi connectivity index (χ1v) is 7.56. The minimum Gasteiger partial charge on any atom is -0.475 e. The first kappa shape index (κ1) is 22.0. The second kappa shape index (κ2) is 9.62. The summed E-state index contributed by atoms with van der Waals surface area (Å²) < 4.78 is 36.9. The van der Waals surface area contributed by atoms with Gasteiger partial charge in [0.25, 0.3) is 11.8 Å². The van der Waals surface area contributed by atoms with E-state index in [-0.39, 0.29) is 5.91 Å². The highest BCUT2D eigenvalue weighted by Gasteiger charge is 2.38. The molecular formula is C15H18F3N5O4. The van der Waals surface area contributed by atoms with Crippen LogP contribution in [0.15, 0.2) is 23.0 Å². The monoisotopic (exact) mass is 389 g/mol. The fourth-order valence-corrected chi connectivity index (χ4v) is 1.61. The lowest BCUT2D eigenvalue weighted by Gasteiger charge is -2.09. The molecule has 0 aliphatic rings. The molecule has 0 bridgehead atoms. The van der Waals surface area contributed by atoms with E-state index in [1.54, 1.807) is 26.4 Å². The molecule has 9 nitrogen and oxygen atoms in total. The maximum absolute atomic E-state index is 11.9. The third kappa shape index (κ3) is 7.01. The molecule has 0 fully saturated rings. The van der Waals surface area contributed by atoms with E-state index >= 15 is 0 Å². The molecule has 2 aromatic heterocycles. The van der Waals surface area contributed by atoms with Crippen molar-refractivity contribution >= 4 is 11.9 Å². The number of rotatable bonds is 5. The van der Waals surface area contributed by atoms with Crippen LogP contribution in [-0.2, 0) is 11.3 Å². The van der Waals surface area contributed by atoms with Crippen molar-refractivity contribution in [2.24, 2.45) is 0 Å². The lowest BCUT2D eigenvalue weighted by atomic mass is 10.2. The predicted molar refractivity (Wildman–Crippen MR) is 86.6 cm³/mol. The van der Waals surface area contributed by atoms with Gasteiger partial charge in [0.2, 0.25) is 0 Å². The number of carboxylic acids is 1. The molecule has 148 valence electrons. The zero-order chi connectivity index (χ0) is 20.6. The first-order valence-electron chi connectivity index (χ1n) is 7.56. The highest BCUT2D eigenvalue weighted by Crippen LogP contribution is 2.17. The topological polar surface area (TPSA) is 121 Å². The van der Waals surface area contributed by atoms with Gasteiger partial charge < -0.3 is 19.8 Å². The predicted octanol–water partition coefficient (Wildman–Crippen LogP) is 1.58. The molecule has 12 heteroatoms. The Balaban J connectivity index is 0.000000445. The lowest BCUT2D eigenvalue weighted by Crippen LogP contribution is -2.21. The zero-order valence-electron chi connectivity index (χ0n) is 14.7. The Kier molecular flexibility index (Phi) is 7.84. The van der Waals surface area contributed by atoms with Crippen molar-refractivity contribution in [1.82, 2.24) is 25.3 Å². The van der Waals surface area contributed by atoms with Crippen LogP contribution in [0.2, 0.25) is 0 Å². The van der Waals surface area contributed by atoms with Gasteiger partial charge in [-0.1, -0.05) is 12.1 Å². The fraction of sp³-hybridized carbons (Fsp3) is 0.400. The van der Waals surface area contributed by atoms with Crippen molar-refractivity contribution in [1.29, 1.82) is 0 Å². The number of carboxylic acid groups (broad SMARTS) is 1. The Morgan fingerprint density at radius 2 is 1.93 bits per heavy atom. The van der Waals surface area contributed by atoms with Gasteiger partial charge in [-0.3, -0.25) is 9.78 Å². The Bertz CT molecular complexity index is 777. The molecule has 2 aromatic rings. The molecule has 2 rings (SSSR count). The average molecular weight is 389 g/mol. The van der Waals surface area contributed by atoms with Crippen LogP contribution in [0.5, 0.6) is 0 Å². The van der Waals surface area contributed by atoms with E-state index in [2.05, 4.69) is 20.4 Å². The summed E-state index contributed by atoms with van der Waals surface area (Å²) in [5.74, 6) is -1.94. The SMILES string of the molecule is CCNCc1noc(-c2cncc(C(=O)N(C)C)c2)n1.O=C(O)C(F)(F)F. The smallest absolute Gasteiger partial charge is 0.475 e. The number of pyridine rings is 1. The van der Waals surface area contributed by atoms with E-state index in [4.69, 9.17) is 14.4 Å². The summed E-state index contributed by atoms with van der Waals surface area (Å²) in [6.45, 7) is 3.38. The van der Waals surface area contributed by atoms with Crippen molar-refractivity contribution in [2.45, 2.75) is 19.6 Å². The third-order valence-corrected chi connectivity index (χ3v) is 2.88. The minimum atomic E-state index is -5.08. The van der Waals surface area contributed by atoms with E-state index in [1.165, 1.54) is 11.1 Å². The van der Waals surface area contributed by atoms with Gasteiger partial charge in [-0.2, -0.15) is 18.2 Å². The molecule has 1 amide bonds. The number of hydrogen-bond acceptors (Lipinski definition) is 7. The second-order valence-corrected chi connectivity index (χ2v) is 5.26. The molecule has 27 heavy (non-hydrogen) atoms. The van der Waals surface area contributed by atoms with Crippen LogP contribution in [0.4, 0.5) is 13.2 Å². The van der Waals surface area contributed by atoms with Gasteiger partial charge in [-0.25, -0.2) is 4.79 Å². The van der Waals surface area contributed by atoms with Crippen molar-refractivity contribution in [2.75, 3.05) is 20.6 Å². The number of carbonyl (C=O) groups is 2. The van der Waals surface area contributed by atoms with Gasteiger partial charge >= 0.3 is 12.1 Å². The van der Waals surface area contributed by atoms with Crippen LogP contribution in [-0.4, -0.2) is 63.8 Å². The van der Waals surface area contributed by atoms with Crippen LogP contribution in [0, 0.1) is 0 Å². The Morgan fingerprint density at radius 1 is 1.30 bits per heavy atom. The van der Waals surface area contributed by atoms with Crippen LogP contribution in [0.1, 0.15) is 23.1 Å². The van der Waals surface area contributed by atoms with Gasteiger partial charge in [0.15, 0.2) is 5.82 Å². The molecule has 2 N–H and O–H groups in total. The van der Waals surface area contributed by atoms with Crippen LogP contribution in [0.3, 0.4) is 0 Å². The standard InChI is InChI=1S/C13H17N5O2.C2HF3O2/c1-4-14-8-11-16-12(20-17-11)9-5-10(7-15-6-9)13(19)18(2)3;3-2(4,5)1(6)7/h5-7,14H,4,8H2,1-3H3;(H,6,7). The summed E-state index contributed by atoms with van der Waals surface area (Å²) in [6.07, 6.45) is -1.97. The molecule has 0 unspecified atom stereocenters. The van der Waals surface area contributed by atoms with Gasteiger partial charge in [0, 0.05) is 26.5 Å². The number of aliphatic carboxylic acids is 1. The first-order chi connectivity index (χ1) is 12.6. The summed E-state index contributed by atoms with van der Waals surface area (Å²) in [7, 11) is 3.38. The molecule has 2 heterocycles. The summed E-state index contributed by atoms with van der Waals surface area (Å²) in [5.41, 5.74) is 1.12. The summed E-state index contributed by atoms with van der Waals surface area (Å²) >= 11 is 0. The molecule has 0 saturated heterocycles. The summed E-state index contributed by atoms with van der Waals surface area (Å²) in [4.78, 5) is 30.6. The van der Waals surface area contributed by atoms with Gasteiger partial charge in [-0.15, -0.1) is 0 Å². The Morgan fingerprint density at radius 3 is 2.44 bits per heavy atom. The fourth-order valence-electron chi connectivity index (χ4n) is 1.61. The third-order valence-electron chi connectivity index (χ3n) is 2.88. The Labute approximate surface area is 152 Å². The van der Waals surface area contributed by atoms with E-state index < -0.39 is 12.1 Å². The van der Waals surface area contributed by atoms with Crippen molar-refractivity contribution < 1.29 is 32.4 Å². The van der Waals surface area contributed by atoms with Crippen molar-refractivity contribution in [3.8, 4) is 11.5 Å². The largest absolute Gasteiger partial charge is 0.490 e. The number of aromatic nitrogens is 3. The number of carbonyl (C=O) groups excluding carboxylic acids is 1. The van der Waals surface area contributed by atoms with Crippen LogP contribution in [0.25, 0.3) is 11.5 Å². The number of amides is 1. The number of nitrogens with one attached hydrogen (secondary N) is 1. The molecule has 0 aliphatic heterocycles. The van der Waals surface area contributed by atoms with Gasteiger partial charge in [-0.05, 0) is 12.6 Å². The van der Waals surface area contributed by atoms with E-state index in [9.17, 15) is 18.0 Å². The average Bonchev–Trinajstić information content (AvgIpc) is 3.08. The van der Waals surface area contributed by atoms with E-state index in [0.717, 1.165) is 6.54 Å². The highest BCUT2D eigenvalue weighted by atomic mass is 19.4. The van der Waals surface area contributed by atoms with Crippen molar-refractivity contribution in [3.05, 3.63) is 29.8 Å². The maximum atomic E-state index is 11.9. The molecule has 0 spiro atoms. The molecule has 0 saturated carbocycles. The Hall–Kier alpha value is -3.02. The quantitative estimate of drug-likeness (QED) is 0.791. The van der Waals surface area contributed by atoms with E-state index in [0.29, 0.717) is 29.4 Å². The number of halogens is 3. The summed E-state index contributed by atoms with van der Waals surface area (Å²) in [6, 6.07) is 1.69. The minimum absolute atomic E-state index is 0.119. The lowest BCUT2D eigenvalue weighted by molar-refractivity contribution is -0.192. The number of nitrogens with zero attached hydrogens (tertiary/aromatic N) is 4. The second-order valence-electron chi connectivity index (χ2n) is 5.26. The van der Waals surface area contributed by atoms with Gasteiger partial charge in [0.05, 0.1) is 17.7 Å². The molecule has 0 atom stereocenters. The van der Waals surface area contributed by atoms with Crippen LogP contribution < -0.4 is 5.32 Å². The zero-order valence-corrected chi connectivity index (χ0v) is 14.7. The van der Waals surface area contributed by atoms with Crippen molar-refractivity contribution in [3.63, 3.8) is 0 Å². The number of alkyl halides is 3. The molecular weight excluding hydrogens is 371 g/mol. The maximum Gasteiger partial charge on any atom is 0.490 e. The molecule has 0 radical (unpaired) electrons. The molecule has 0 aliphatic carbocycles. The van der Waals surface area contributed by atoms with Gasteiger partial charge in [0.1, 0.15) is 0 Å². The van der Waals surface area contributed by atoms with E-state index in [1.807, 2.05) is 6.92 Å². The summed E-state index contributed by atoms with van der Waals surface area (Å²) in [5, 5.41) is 14.1.